The van der Waals surface area contributed by atoms with Gasteiger partial charge in [-0.1, -0.05) is 13.8 Å². The molecule has 1 aromatic heterocycles. The Kier molecular flexibility index (Phi) is 5.48. The molecule has 9 heteroatoms. The number of amides is 1. The molecule has 0 saturated carbocycles. The van der Waals surface area contributed by atoms with Gasteiger partial charge in [0.2, 0.25) is 15.9 Å². The third kappa shape index (κ3) is 4.26. The number of carboxylic acid groups (broad SMARTS) is 1. The van der Waals surface area contributed by atoms with Gasteiger partial charge in [-0.2, -0.15) is 4.31 Å². The maximum absolute atomic E-state index is 12.6. The van der Waals surface area contributed by atoms with E-state index in [2.05, 4.69) is 0 Å². The van der Waals surface area contributed by atoms with Crippen molar-refractivity contribution in [3.05, 3.63) is 15.8 Å². The van der Waals surface area contributed by atoms with E-state index in [1.807, 2.05) is 13.8 Å². The number of hydrogen-bond acceptors (Lipinski definition) is 5. The smallest absolute Gasteiger partial charge is 0.345 e. The normalized spacial score (nSPS) is 12.0. The van der Waals surface area contributed by atoms with Crippen LogP contribution in [0.5, 0.6) is 0 Å². The van der Waals surface area contributed by atoms with Crippen molar-refractivity contribution in [1.82, 2.24) is 4.31 Å². The lowest BCUT2D eigenvalue weighted by atomic mass is 10.2. The summed E-state index contributed by atoms with van der Waals surface area (Å²) in [6.07, 6.45) is 0. The molecule has 1 amide bonds. The first kappa shape index (κ1) is 17.6. The molecular weight excluding hydrogens is 316 g/mol. The molecule has 1 heterocycles. The van der Waals surface area contributed by atoms with Gasteiger partial charge >= 0.3 is 5.97 Å². The Balaban J connectivity index is 3.27. The second kappa shape index (κ2) is 6.54. The summed E-state index contributed by atoms with van der Waals surface area (Å²) < 4.78 is 26.2. The quantitative estimate of drug-likeness (QED) is 0.767. The summed E-state index contributed by atoms with van der Waals surface area (Å²) in [5.74, 6) is -1.95. The Hall–Kier alpha value is -1.45. The predicted molar refractivity (Wildman–Crippen MR) is 78.8 cm³/mol. The van der Waals surface area contributed by atoms with Crippen LogP contribution in [0.2, 0.25) is 0 Å². The van der Waals surface area contributed by atoms with Crippen molar-refractivity contribution in [3.8, 4) is 0 Å². The molecule has 7 nitrogen and oxygen atoms in total. The number of carboxylic acids is 1. The highest BCUT2D eigenvalue weighted by atomic mass is 32.2. The van der Waals surface area contributed by atoms with Crippen LogP contribution in [0, 0.1) is 12.8 Å². The molecule has 0 aliphatic rings. The number of nitrogens with two attached hydrogens (primary N) is 1. The van der Waals surface area contributed by atoms with Crippen molar-refractivity contribution in [2.75, 3.05) is 13.1 Å². The summed E-state index contributed by atoms with van der Waals surface area (Å²) in [5, 5.41) is 8.95. The van der Waals surface area contributed by atoms with Crippen LogP contribution in [0.25, 0.3) is 0 Å². The van der Waals surface area contributed by atoms with E-state index in [9.17, 15) is 18.0 Å². The van der Waals surface area contributed by atoms with Crippen LogP contribution in [-0.4, -0.2) is 42.8 Å². The lowest BCUT2D eigenvalue weighted by molar-refractivity contribution is -0.118. The highest BCUT2D eigenvalue weighted by Gasteiger charge is 2.30. The molecule has 0 fully saturated rings. The Morgan fingerprint density at radius 2 is 2.00 bits per heavy atom. The summed E-state index contributed by atoms with van der Waals surface area (Å²) >= 11 is 0.883. The standard InChI is InChI=1S/C12H18N2O5S2/c1-7(2)5-14(6-11(13)15)21(18,19)10-4-9(12(16)17)20-8(10)3/h4,7H,5-6H2,1-3H3,(H2,13,15)(H,16,17). The van der Waals surface area contributed by atoms with Crippen LogP contribution >= 0.6 is 11.3 Å². The van der Waals surface area contributed by atoms with Crippen LogP contribution in [0.3, 0.4) is 0 Å². The van der Waals surface area contributed by atoms with E-state index in [1.54, 1.807) is 0 Å². The van der Waals surface area contributed by atoms with Crippen LogP contribution in [-0.2, 0) is 14.8 Å². The summed E-state index contributed by atoms with van der Waals surface area (Å²) in [5.41, 5.74) is 5.10. The van der Waals surface area contributed by atoms with Crippen molar-refractivity contribution in [2.45, 2.75) is 25.7 Å². The fourth-order valence-corrected chi connectivity index (χ4v) is 4.76. The molecule has 0 radical (unpaired) electrons. The lowest BCUT2D eigenvalue weighted by Gasteiger charge is -2.22. The number of carbonyl (C=O) groups is 2. The molecule has 21 heavy (non-hydrogen) atoms. The predicted octanol–water partition coefficient (Wildman–Crippen LogP) is 0.887. The Morgan fingerprint density at radius 1 is 1.43 bits per heavy atom. The van der Waals surface area contributed by atoms with Gasteiger partial charge in [0.25, 0.3) is 0 Å². The van der Waals surface area contributed by atoms with E-state index in [4.69, 9.17) is 10.8 Å². The molecule has 118 valence electrons. The molecule has 0 spiro atoms. The summed E-state index contributed by atoms with van der Waals surface area (Å²) in [7, 11) is -3.95. The van der Waals surface area contributed by atoms with E-state index in [0.29, 0.717) is 4.88 Å². The molecule has 1 aromatic rings. The van der Waals surface area contributed by atoms with Gasteiger partial charge in [0.15, 0.2) is 0 Å². The third-order valence-corrected chi connectivity index (χ3v) is 5.71. The first-order chi connectivity index (χ1) is 9.55. The highest BCUT2D eigenvalue weighted by molar-refractivity contribution is 7.89. The van der Waals surface area contributed by atoms with E-state index >= 15 is 0 Å². The topological polar surface area (TPSA) is 118 Å². The fourth-order valence-electron chi connectivity index (χ4n) is 1.79. The first-order valence-electron chi connectivity index (χ1n) is 6.18. The summed E-state index contributed by atoms with van der Waals surface area (Å²) in [4.78, 5) is 22.3. The first-order valence-corrected chi connectivity index (χ1v) is 8.43. The van der Waals surface area contributed by atoms with Gasteiger partial charge in [-0.15, -0.1) is 11.3 Å². The zero-order valence-electron chi connectivity index (χ0n) is 12.0. The van der Waals surface area contributed by atoms with Crippen molar-refractivity contribution in [3.63, 3.8) is 0 Å². The lowest BCUT2D eigenvalue weighted by Crippen LogP contribution is -2.40. The van der Waals surface area contributed by atoms with Crippen molar-refractivity contribution >= 4 is 33.2 Å². The molecule has 0 atom stereocenters. The third-order valence-electron chi connectivity index (χ3n) is 2.60. The monoisotopic (exact) mass is 334 g/mol. The van der Waals surface area contributed by atoms with Gasteiger partial charge in [-0.25, -0.2) is 13.2 Å². The number of carbonyl (C=O) groups excluding carboxylic acids is 1. The minimum atomic E-state index is -3.95. The van der Waals surface area contributed by atoms with Crippen LogP contribution < -0.4 is 5.73 Å². The minimum absolute atomic E-state index is 0.00277. The average molecular weight is 334 g/mol. The van der Waals surface area contributed by atoms with Gasteiger partial charge in [0.05, 0.1) is 11.4 Å². The number of sulfonamides is 1. The SMILES string of the molecule is Cc1sc(C(=O)O)cc1S(=O)(=O)N(CC(N)=O)CC(C)C. The zero-order valence-corrected chi connectivity index (χ0v) is 13.6. The highest BCUT2D eigenvalue weighted by Crippen LogP contribution is 2.28. The van der Waals surface area contributed by atoms with E-state index in [1.165, 1.54) is 6.92 Å². The minimum Gasteiger partial charge on any atom is -0.477 e. The molecule has 0 aliphatic heterocycles. The molecular formula is C12H18N2O5S2. The molecule has 0 aromatic carbocycles. The van der Waals surface area contributed by atoms with Gasteiger partial charge in [-0.05, 0) is 18.9 Å². The van der Waals surface area contributed by atoms with E-state index < -0.39 is 28.4 Å². The molecule has 0 aliphatic carbocycles. The van der Waals surface area contributed by atoms with Gasteiger partial charge in [0.1, 0.15) is 4.88 Å². The van der Waals surface area contributed by atoms with Crippen LogP contribution in [0.4, 0.5) is 0 Å². The molecule has 0 saturated heterocycles. The largest absolute Gasteiger partial charge is 0.477 e. The fraction of sp³-hybridized carbons (Fsp3) is 0.500. The summed E-state index contributed by atoms with van der Waals surface area (Å²) in [6, 6.07) is 1.12. The van der Waals surface area contributed by atoms with Gasteiger partial charge < -0.3 is 10.8 Å². The zero-order chi connectivity index (χ0) is 16.4. The van der Waals surface area contributed by atoms with Gasteiger partial charge in [0, 0.05) is 11.4 Å². The molecule has 3 N–H and O–H groups in total. The molecule has 1 rings (SSSR count). The second-order valence-corrected chi connectivity index (χ2v) is 8.16. The maximum Gasteiger partial charge on any atom is 0.345 e. The summed E-state index contributed by atoms with van der Waals surface area (Å²) in [6.45, 7) is 4.85. The second-order valence-electron chi connectivity index (χ2n) is 4.99. The Morgan fingerprint density at radius 3 is 2.38 bits per heavy atom. The Labute approximate surface area is 127 Å². The number of nitrogens with zero attached hydrogens (tertiary/aromatic N) is 1. The number of aryl methyl sites for hydroxylation is 1. The molecule has 0 unspecified atom stereocenters. The van der Waals surface area contributed by atoms with Crippen molar-refractivity contribution in [1.29, 1.82) is 0 Å². The number of thiophene rings is 1. The number of hydrogen-bond donors (Lipinski definition) is 2. The van der Waals surface area contributed by atoms with Crippen molar-refractivity contribution < 1.29 is 23.1 Å². The van der Waals surface area contributed by atoms with E-state index in [0.717, 1.165) is 21.7 Å². The van der Waals surface area contributed by atoms with Crippen LogP contribution in [0.15, 0.2) is 11.0 Å². The van der Waals surface area contributed by atoms with E-state index in [-0.39, 0.29) is 22.2 Å². The molecule has 0 bridgehead atoms. The number of aromatic carboxylic acids is 1. The number of rotatable bonds is 7. The maximum atomic E-state index is 12.6. The Bertz CT molecular complexity index is 649. The average Bonchev–Trinajstić information content (AvgIpc) is 2.70. The van der Waals surface area contributed by atoms with Gasteiger partial charge in [-0.3, -0.25) is 4.79 Å². The number of primary amides is 1. The van der Waals surface area contributed by atoms with Crippen LogP contribution in [0.1, 0.15) is 28.4 Å². The van der Waals surface area contributed by atoms with Crippen molar-refractivity contribution in [2.24, 2.45) is 11.7 Å².